The second-order valence-corrected chi connectivity index (χ2v) is 6.73. The standard InChI is InChI=1S/C10H19.BF3.K/c1-2-3-7-10-8-5-4-6-9-10;2-1(3)4;/h8,10H,2-7,9H2,1H3;;/t10-;;/m0../s1. The molecule has 0 aromatic heterocycles. The van der Waals surface area contributed by atoms with Gasteiger partial charge in [-0.3, -0.25) is 12.9 Å². The molecule has 0 radical (unpaired) electrons. The Hall–Kier alpha value is 1.49. The van der Waals surface area contributed by atoms with Crippen LogP contribution in [-0.4, -0.2) is 56.5 Å². The van der Waals surface area contributed by atoms with Crippen LogP contribution in [0.3, 0.4) is 0 Å². The maximum atomic E-state index is 9.67. The van der Waals surface area contributed by atoms with E-state index in [2.05, 4.69) is 6.92 Å². The van der Waals surface area contributed by atoms with Crippen molar-refractivity contribution in [2.45, 2.75) is 51.9 Å². The molecule has 0 unspecified atom stereocenters. The Balaban J connectivity index is 0.000000423. The van der Waals surface area contributed by atoms with E-state index < -0.39 is 7.54 Å². The quantitative estimate of drug-likeness (QED) is 0.654. The minimum Gasteiger partial charge on any atom is -0.254 e. The molecule has 0 spiro atoms. The molecule has 0 saturated heterocycles. The molecule has 0 aromatic rings. The van der Waals surface area contributed by atoms with Gasteiger partial charge in [-0.15, -0.1) is 0 Å². The molecule has 0 aliphatic heterocycles. The van der Waals surface area contributed by atoms with Crippen LogP contribution in [-0.2, 0) is 0 Å². The first kappa shape index (κ1) is 16.5. The van der Waals surface area contributed by atoms with Gasteiger partial charge >= 0.3 is 114 Å². The normalized spacial score (nSPS) is 25.5. The zero-order valence-electron chi connectivity index (χ0n) is 9.82. The van der Waals surface area contributed by atoms with E-state index in [4.69, 9.17) is 0 Å². The minimum absolute atomic E-state index is 1.10. The van der Waals surface area contributed by atoms with Gasteiger partial charge in [-0.2, -0.15) is 0 Å². The minimum atomic E-state index is -3.67. The van der Waals surface area contributed by atoms with E-state index in [-0.39, 0.29) is 0 Å². The third-order valence-corrected chi connectivity index (χ3v) is 5.59. The van der Waals surface area contributed by atoms with Gasteiger partial charge in [-0.25, -0.2) is 0 Å². The smallest absolute Gasteiger partial charge is 0.254 e. The summed E-state index contributed by atoms with van der Waals surface area (Å²) in [6.07, 6.45) is 10.6. The molecular formula is C10H19BF3K. The molecule has 0 amide bonds. The van der Waals surface area contributed by atoms with Gasteiger partial charge in [-0.1, -0.05) is 0 Å². The average molecular weight is 246 g/mol. The summed E-state index contributed by atoms with van der Waals surface area (Å²) < 4.78 is 30.2. The predicted octanol–water partition coefficient (Wildman–Crippen LogP) is 4.20. The van der Waals surface area contributed by atoms with Crippen molar-refractivity contribution in [3.8, 4) is 0 Å². The summed E-state index contributed by atoms with van der Waals surface area (Å²) in [5, 5.41) is 0. The fraction of sp³-hybridized carbons (Fsp3) is 1.00. The summed E-state index contributed by atoms with van der Waals surface area (Å²) in [5.74, 6) is 1.16. The van der Waals surface area contributed by atoms with Gasteiger partial charge in [0.25, 0.3) is 0 Å². The maximum absolute atomic E-state index is 9.67. The Morgan fingerprint density at radius 2 is 1.73 bits per heavy atom. The van der Waals surface area contributed by atoms with Crippen molar-refractivity contribution in [1.82, 2.24) is 0 Å². The average Bonchev–Trinajstić information content (AvgIpc) is 2.16. The van der Waals surface area contributed by atoms with Crippen LogP contribution in [0.15, 0.2) is 0 Å². The molecule has 0 nitrogen and oxygen atoms in total. The molecule has 5 heteroatoms. The predicted molar refractivity (Wildman–Crippen MR) is 60.1 cm³/mol. The zero-order valence-corrected chi connectivity index (χ0v) is 12.9. The molecule has 1 saturated carbocycles. The topological polar surface area (TPSA) is 0 Å². The van der Waals surface area contributed by atoms with E-state index in [0.717, 1.165) is 54.9 Å². The second-order valence-electron chi connectivity index (χ2n) is 4.41. The van der Waals surface area contributed by atoms with Gasteiger partial charge in [0.05, 0.1) is 0 Å². The third-order valence-electron chi connectivity index (χ3n) is 3.22. The van der Waals surface area contributed by atoms with Crippen LogP contribution in [0.25, 0.3) is 0 Å². The Morgan fingerprint density at radius 3 is 2.20 bits per heavy atom. The van der Waals surface area contributed by atoms with Crippen LogP contribution in [0.4, 0.5) is 12.9 Å². The van der Waals surface area contributed by atoms with Crippen LogP contribution in [0.5, 0.6) is 0 Å². The Morgan fingerprint density at radius 1 is 1.20 bits per heavy atom. The van der Waals surface area contributed by atoms with Crippen LogP contribution in [0, 0.1) is 5.92 Å². The van der Waals surface area contributed by atoms with Gasteiger partial charge in [0.2, 0.25) is 0 Å². The van der Waals surface area contributed by atoms with E-state index in [1.165, 1.54) is 25.7 Å². The summed E-state index contributed by atoms with van der Waals surface area (Å²) in [7, 11) is -3.67. The van der Waals surface area contributed by atoms with E-state index in [1.54, 1.807) is 19.3 Å². The number of hydrogen-bond acceptors (Lipinski definition) is 0. The Bertz CT molecular complexity index is 144. The monoisotopic (exact) mass is 246 g/mol. The van der Waals surface area contributed by atoms with Gasteiger partial charge in [0.1, 0.15) is 0 Å². The number of hydrogen-bond donors (Lipinski definition) is 0. The van der Waals surface area contributed by atoms with Gasteiger partial charge in [0, 0.05) is 0 Å². The summed E-state index contributed by atoms with van der Waals surface area (Å²) >= 11 is 1.10. The fourth-order valence-electron chi connectivity index (χ4n) is 2.29. The molecule has 0 heterocycles. The van der Waals surface area contributed by atoms with Crippen molar-refractivity contribution in [3.05, 3.63) is 0 Å². The van der Waals surface area contributed by atoms with Crippen molar-refractivity contribution in [2.75, 3.05) is 0 Å². The molecule has 2 atom stereocenters. The molecule has 0 bridgehead atoms. The molecule has 0 aromatic carbocycles. The number of halogens is 3. The zero-order chi connectivity index (χ0) is 11.7. The molecule has 1 fully saturated rings. The number of unbranched alkanes of at least 4 members (excludes halogenated alkanes) is 1. The molecular weight excluding hydrogens is 227 g/mol. The molecule has 1 rings (SSSR count). The Labute approximate surface area is 126 Å². The number of rotatable bonds is 3. The third kappa shape index (κ3) is 10.4. The first-order chi connectivity index (χ1) is 7.07. The first-order valence-corrected chi connectivity index (χ1v) is 7.80. The summed E-state index contributed by atoms with van der Waals surface area (Å²) in [4.78, 5) is 0. The molecule has 15 heavy (non-hydrogen) atoms. The van der Waals surface area contributed by atoms with Crippen LogP contribution < -0.4 is 0 Å². The van der Waals surface area contributed by atoms with Crippen LogP contribution in [0.2, 0.25) is 0.0125 Å². The SMILES string of the molecule is CCCC[C@@H]1CCCC[C@H]1[K].FB(F)F. The summed E-state index contributed by atoms with van der Waals surface area (Å²) in [5.41, 5.74) is 0. The summed E-state index contributed by atoms with van der Waals surface area (Å²) in [6, 6.07) is 0. The fourth-order valence-corrected chi connectivity index (χ4v) is 3.97. The van der Waals surface area contributed by atoms with Crippen molar-refractivity contribution in [3.63, 3.8) is 0 Å². The van der Waals surface area contributed by atoms with E-state index in [9.17, 15) is 12.9 Å². The van der Waals surface area contributed by atoms with Gasteiger partial charge in [-0.05, 0) is 0 Å². The van der Waals surface area contributed by atoms with Gasteiger partial charge < -0.3 is 0 Å². The van der Waals surface area contributed by atoms with Gasteiger partial charge in [0.15, 0.2) is 0 Å². The van der Waals surface area contributed by atoms with Crippen molar-refractivity contribution in [2.24, 2.45) is 5.92 Å². The van der Waals surface area contributed by atoms with Crippen LogP contribution in [0.1, 0.15) is 51.9 Å². The molecule has 1 aliphatic carbocycles. The molecule has 1 aliphatic rings. The van der Waals surface area contributed by atoms with Crippen molar-refractivity contribution in [1.29, 1.82) is 0 Å². The summed E-state index contributed by atoms with van der Waals surface area (Å²) in [6.45, 7) is 2.31. The van der Waals surface area contributed by atoms with E-state index in [0.29, 0.717) is 0 Å². The van der Waals surface area contributed by atoms with Crippen LogP contribution >= 0.6 is 0 Å². The van der Waals surface area contributed by atoms with Crippen molar-refractivity contribution < 1.29 is 12.9 Å². The second kappa shape index (κ2) is 10.6. The van der Waals surface area contributed by atoms with E-state index in [1.807, 2.05) is 0 Å². The molecule has 0 N–H and O–H groups in total. The largest absolute Gasteiger partial charge is 0.762 e. The first-order valence-electron chi connectivity index (χ1n) is 6.00. The van der Waals surface area contributed by atoms with Crippen molar-refractivity contribution >= 4 is 56.5 Å². The maximum Gasteiger partial charge on any atom is 0.762 e. The molecule has 84 valence electrons. The van der Waals surface area contributed by atoms with E-state index >= 15 is 0 Å². The Kier molecular flexibility index (Phi) is 11.7.